The quantitative estimate of drug-likeness (QED) is 0.773. The number of aryl methyl sites for hydroxylation is 3. The molecule has 27 heavy (non-hydrogen) atoms. The van der Waals surface area contributed by atoms with E-state index in [-0.39, 0.29) is 11.8 Å². The molecule has 0 bridgehead atoms. The van der Waals surface area contributed by atoms with Gasteiger partial charge in [-0.2, -0.15) is 9.78 Å². The molecule has 7 heteroatoms. The first kappa shape index (κ1) is 17.2. The minimum atomic E-state index is -0.135. The molecule has 0 spiro atoms. The molecule has 2 aromatic heterocycles. The molecular formula is C20H21N5O2. The van der Waals surface area contributed by atoms with Crippen LogP contribution in [0.1, 0.15) is 40.5 Å². The molecule has 0 aliphatic carbocycles. The van der Waals surface area contributed by atoms with Gasteiger partial charge in [-0.3, -0.25) is 4.79 Å². The number of carbonyl (C=O) groups is 1. The Morgan fingerprint density at radius 3 is 2.56 bits per heavy atom. The van der Waals surface area contributed by atoms with Crippen molar-refractivity contribution in [3.05, 3.63) is 58.5 Å². The number of nitrogens with zero attached hydrogens (tertiary/aromatic N) is 4. The minimum Gasteiger partial charge on any atom is -0.496 e. The Kier molecular flexibility index (Phi) is 4.14. The first-order valence-corrected chi connectivity index (χ1v) is 8.83. The smallest absolute Gasteiger partial charge is 0.252 e. The van der Waals surface area contributed by atoms with E-state index < -0.39 is 0 Å². The normalized spacial score (nSPS) is 16.0. The van der Waals surface area contributed by atoms with Crippen molar-refractivity contribution in [1.29, 1.82) is 0 Å². The van der Waals surface area contributed by atoms with Crippen molar-refractivity contribution in [2.45, 2.75) is 33.1 Å². The average Bonchev–Trinajstić information content (AvgIpc) is 2.96. The molecule has 7 nitrogen and oxygen atoms in total. The molecule has 0 fully saturated rings. The van der Waals surface area contributed by atoms with Gasteiger partial charge in [-0.15, -0.1) is 0 Å². The van der Waals surface area contributed by atoms with Crippen molar-refractivity contribution in [2.24, 2.45) is 0 Å². The zero-order valence-corrected chi connectivity index (χ0v) is 15.8. The maximum absolute atomic E-state index is 12.5. The summed E-state index contributed by atoms with van der Waals surface area (Å²) in [7, 11) is 1.64. The lowest BCUT2D eigenvalue weighted by atomic mass is 9.85. The first-order valence-electron chi connectivity index (χ1n) is 8.83. The highest BCUT2D eigenvalue weighted by Crippen LogP contribution is 2.42. The van der Waals surface area contributed by atoms with Gasteiger partial charge in [0.25, 0.3) is 5.95 Å². The minimum absolute atomic E-state index is 0.0658. The van der Waals surface area contributed by atoms with E-state index >= 15 is 0 Å². The fraction of sp³-hybridized carbons (Fsp3) is 0.300. The van der Waals surface area contributed by atoms with Crippen molar-refractivity contribution >= 4 is 11.7 Å². The number of anilines is 1. The van der Waals surface area contributed by atoms with Gasteiger partial charge in [0.2, 0.25) is 5.91 Å². The molecule has 1 N–H and O–H groups in total. The molecule has 1 aliphatic rings. The van der Waals surface area contributed by atoms with E-state index in [9.17, 15) is 4.79 Å². The molecule has 1 atom stereocenters. The van der Waals surface area contributed by atoms with E-state index in [2.05, 4.69) is 20.4 Å². The van der Waals surface area contributed by atoms with Crippen LogP contribution in [-0.4, -0.2) is 32.8 Å². The van der Waals surface area contributed by atoms with Crippen molar-refractivity contribution < 1.29 is 9.53 Å². The van der Waals surface area contributed by atoms with Crippen molar-refractivity contribution in [2.75, 3.05) is 12.4 Å². The van der Waals surface area contributed by atoms with Crippen molar-refractivity contribution in [1.82, 2.24) is 19.7 Å². The third kappa shape index (κ3) is 2.95. The summed E-state index contributed by atoms with van der Waals surface area (Å²) in [6.07, 6.45) is 0.341. The molecule has 1 amide bonds. The summed E-state index contributed by atoms with van der Waals surface area (Å²) in [5.74, 6) is 1.65. The second-order valence-corrected chi connectivity index (χ2v) is 6.76. The number of benzene rings is 1. The van der Waals surface area contributed by atoms with Gasteiger partial charge < -0.3 is 10.1 Å². The van der Waals surface area contributed by atoms with Gasteiger partial charge in [-0.05, 0) is 32.9 Å². The molecular weight excluding hydrogens is 342 g/mol. The van der Waals surface area contributed by atoms with Crippen LogP contribution >= 0.6 is 0 Å². The molecule has 0 radical (unpaired) electrons. The molecule has 1 aromatic carbocycles. The lowest BCUT2D eigenvalue weighted by Gasteiger charge is -2.25. The van der Waals surface area contributed by atoms with Crippen LogP contribution in [0, 0.1) is 20.8 Å². The van der Waals surface area contributed by atoms with Crippen LogP contribution < -0.4 is 10.1 Å². The molecule has 0 saturated heterocycles. The largest absolute Gasteiger partial charge is 0.496 e. The van der Waals surface area contributed by atoms with Gasteiger partial charge >= 0.3 is 0 Å². The van der Waals surface area contributed by atoms with Crippen LogP contribution in [0.15, 0.2) is 30.3 Å². The second kappa shape index (κ2) is 6.50. The summed E-state index contributed by atoms with van der Waals surface area (Å²) < 4.78 is 7.16. The molecule has 0 saturated carbocycles. The van der Waals surface area contributed by atoms with Gasteiger partial charge in [-0.25, -0.2) is 9.97 Å². The molecule has 3 heterocycles. The van der Waals surface area contributed by atoms with Crippen LogP contribution in [0.5, 0.6) is 5.75 Å². The van der Waals surface area contributed by atoms with Gasteiger partial charge in [0.05, 0.1) is 12.8 Å². The van der Waals surface area contributed by atoms with Crippen molar-refractivity contribution in [3.8, 4) is 11.7 Å². The highest BCUT2D eigenvalue weighted by atomic mass is 16.5. The summed E-state index contributed by atoms with van der Waals surface area (Å²) >= 11 is 0. The maximum Gasteiger partial charge on any atom is 0.252 e. The fourth-order valence-corrected chi connectivity index (χ4v) is 3.71. The van der Waals surface area contributed by atoms with Gasteiger partial charge in [0.15, 0.2) is 0 Å². The fourth-order valence-electron chi connectivity index (χ4n) is 3.71. The Morgan fingerprint density at radius 2 is 1.85 bits per heavy atom. The van der Waals surface area contributed by atoms with E-state index in [1.165, 1.54) is 0 Å². The average molecular weight is 363 g/mol. The van der Waals surface area contributed by atoms with Crippen LogP contribution in [0.25, 0.3) is 5.95 Å². The molecule has 0 unspecified atom stereocenters. The predicted molar refractivity (Wildman–Crippen MR) is 101 cm³/mol. The van der Waals surface area contributed by atoms with Crippen LogP contribution in [-0.2, 0) is 4.79 Å². The van der Waals surface area contributed by atoms with Gasteiger partial charge in [-0.1, -0.05) is 18.2 Å². The van der Waals surface area contributed by atoms with E-state index in [4.69, 9.17) is 4.74 Å². The predicted octanol–water partition coefficient (Wildman–Crippen LogP) is 3.07. The standard InChI is InChI=1S/C20H21N5O2/c1-11-9-12(2)22-20(21-11)25-19-18(13(3)24-25)15(10-17(26)23-19)14-7-5-6-8-16(14)27-4/h5-9,15H,10H2,1-4H3,(H,23,26)/t15-/m0/s1. The van der Waals surface area contributed by atoms with E-state index in [0.29, 0.717) is 18.2 Å². The highest BCUT2D eigenvalue weighted by Gasteiger charge is 2.34. The Labute approximate surface area is 157 Å². The second-order valence-electron chi connectivity index (χ2n) is 6.76. The summed E-state index contributed by atoms with van der Waals surface area (Å²) in [5.41, 5.74) is 4.48. The maximum atomic E-state index is 12.5. The van der Waals surface area contributed by atoms with Crippen LogP contribution in [0.3, 0.4) is 0 Å². The number of aromatic nitrogens is 4. The number of hydrogen-bond acceptors (Lipinski definition) is 5. The molecule has 3 aromatic rings. The SMILES string of the molecule is COc1ccccc1[C@@H]1CC(=O)Nc2c1c(C)nn2-c1nc(C)cc(C)n1. The first-order chi connectivity index (χ1) is 13.0. The summed E-state index contributed by atoms with van der Waals surface area (Å²) in [6, 6.07) is 9.69. The summed E-state index contributed by atoms with van der Waals surface area (Å²) in [5, 5.41) is 7.61. The number of nitrogens with one attached hydrogen (secondary N) is 1. The van der Waals surface area contributed by atoms with Gasteiger partial charge in [0.1, 0.15) is 11.6 Å². The lowest BCUT2D eigenvalue weighted by molar-refractivity contribution is -0.116. The Bertz CT molecular complexity index is 1020. The topological polar surface area (TPSA) is 81.9 Å². The van der Waals surface area contributed by atoms with Crippen LogP contribution in [0.2, 0.25) is 0 Å². The number of rotatable bonds is 3. The Morgan fingerprint density at radius 1 is 1.15 bits per heavy atom. The molecule has 4 rings (SSSR count). The number of methoxy groups -OCH3 is 1. The van der Waals surface area contributed by atoms with Gasteiger partial charge in [0, 0.05) is 34.9 Å². The third-order valence-electron chi connectivity index (χ3n) is 4.78. The zero-order valence-electron chi connectivity index (χ0n) is 15.8. The van der Waals surface area contributed by atoms with E-state index in [1.54, 1.807) is 11.8 Å². The van der Waals surface area contributed by atoms with E-state index in [0.717, 1.165) is 34.0 Å². The summed E-state index contributed by atoms with van der Waals surface area (Å²) in [6.45, 7) is 5.77. The lowest BCUT2D eigenvalue weighted by Crippen LogP contribution is -2.25. The number of para-hydroxylation sites is 1. The number of carbonyl (C=O) groups excluding carboxylic acids is 1. The monoisotopic (exact) mass is 363 g/mol. The zero-order chi connectivity index (χ0) is 19.1. The van der Waals surface area contributed by atoms with Crippen LogP contribution in [0.4, 0.5) is 5.82 Å². The van der Waals surface area contributed by atoms with E-state index in [1.807, 2.05) is 51.1 Å². The third-order valence-corrected chi connectivity index (χ3v) is 4.78. The summed E-state index contributed by atoms with van der Waals surface area (Å²) in [4.78, 5) is 21.5. The highest BCUT2D eigenvalue weighted by molar-refractivity contribution is 5.95. The Balaban J connectivity index is 1.91. The number of ether oxygens (including phenoxy) is 1. The molecule has 1 aliphatic heterocycles. The van der Waals surface area contributed by atoms with Crippen molar-refractivity contribution in [3.63, 3.8) is 0 Å². The molecule has 138 valence electrons. The number of hydrogen-bond donors (Lipinski definition) is 1. The Hall–Kier alpha value is -3.22. The number of fused-ring (bicyclic) bond motifs is 1. The number of amides is 1.